The van der Waals surface area contributed by atoms with Crippen molar-refractivity contribution >= 4 is 21.9 Å². The molecule has 98 valence electrons. The summed E-state index contributed by atoms with van der Waals surface area (Å²) in [6.45, 7) is 0.584. The van der Waals surface area contributed by atoms with Crippen LogP contribution in [0.5, 0.6) is 5.75 Å². The summed E-state index contributed by atoms with van der Waals surface area (Å²) in [7, 11) is 0. The second kappa shape index (κ2) is 5.71. The van der Waals surface area contributed by atoms with Gasteiger partial charge >= 0.3 is 5.97 Å². The third kappa shape index (κ3) is 3.03. The molecule has 0 aliphatic heterocycles. The highest BCUT2D eigenvalue weighted by atomic mass is 79.9. The van der Waals surface area contributed by atoms with Crippen molar-refractivity contribution in [2.45, 2.75) is 25.4 Å². The molecule has 0 heterocycles. The molecule has 1 aliphatic rings. The van der Waals surface area contributed by atoms with Crippen LogP contribution in [-0.4, -0.2) is 22.8 Å². The van der Waals surface area contributed by atoms with E-state index in [1.54, 1.807) is 18.2 Å². The smallest absolute Gasteiger partial charge is 0.337 e. The fourth-order valence-electron chi connectivity index (χ4n) is 1.86. The highest BCUT2D eigenvalue weighted by Crippen LogP contribution is 2.31. The lowest BCUT2D eigenvalue weighted by atomic mass is 9.86. The van der Waals surface area contributed by atoms with Crippen molar-refractivity contribution in [1.29, 1.82) is 0 Å². The maximum Gasteiger partial charge on any atom is 0.337 e. The van der Waals surface area contributed by atoms with E-state index in [2.05, 4.69) is 15.9 Å². The Labute approximate surface area is 114 Å². The zero-order chi connectivity index (χ0) is 13.1. The topological polar surface area (TPSA) is 66.8 Å². The van der Waals surface area contributed by atoms with E-state index in [1.807, 2.05) is 0 Å². The molecule has 0 spiro atoms. The first-order valence-electron chi connectivity index (χ1n) is 5.91. The molecular formula is C13H15BrO4. The lowest BCUT2D eigenvalue weighted by Crippen LogP contribution is -2.20. The molecule has 2 rings (SSSR count). The summed E-state index contributed by atoms with van der Waals surface area (Å²) < 4.78 is 6.34. The number of halogens is 1. The standard InChI is InChI=1S/C13H15BrO4/c14-9-4-5-11(18-7-8-2-1-3-8)10(6-9)12(15)13(16)17/h4-6,8,12,15H,1-3,7H2,(H,16,17). The third-order valence-electron chi connectivity index (χ3n) is 3.20. The second-order valence-corrected chi connectivity index (χ2v) is 5.45. The van der Waals surface area contributed by atoms with Crippen molar-refractivity contribution in [2.75, 3.05) is 6.61 Å². The second-order valence-electron chi connectivity index (χ2n) is 4.53. The molecule has 1 aliphatic carbocycles. The van der Waals surface area contributed by atoms with Gasteiger partial charge in [0.1, 0.15) is 5.75 Å². The molecule has 1 aromatic carbocycles. The van der Waals surface area contributed by atoms with Crippen molar-refractivity contribution < 1.29 is 19.7 Å². The first-order chi connectivity index (χ1) is 8.58. The molecule has 0 saturated heterocycles. The zero-order valence-corrected chi connectivity index (χ0v) is 11.4. The molecule has 1 fully saturated rings. The van der Waals surface area contributed by atoms with E-state index in [0.29, 0.717) is 22.7 Å². The van der Waals surface area contributed by atoms with E-state index in [1.165, 1.54) is 6.42 Å². The Morgan fingerprint density at radius 1 is 1.50 bits per heavy atom. The molecule has 4 nitrogen and oxygen atoms in total. The van der Waals surface area contributed by atoms with Crippen molar-refractivity contribution in [3.63, 3.8) is 0 Å². The number of hydrogen-bond acceptors (Lipinski definition) is 3. The van der Waals surface area contributed by atoms with Gasteiger partial charge < -0.3 is 14.9 Å². The highest BCUT2D eigenvalue weighted by Gasteiger charge is 2.23. The van der Waals surface area contributed by atoms with Crippen LogP contribution >= 0.6 is 15.9 Å². The Bertz CT molecular complexity index is 443. The van der Waals surface area contributed by atoms with Crippen LogP contribution in [0.25, 0.3) is 0 Å². The quantitative estimate of drug-likeness (QED) is 0.877. The summed E-state index contributed by atoms with van der Waals surface area (Å²) in [6, 6.07) is 5.04. The minimum Gasteiger partial charge on any atom is -0.493 e. The lowest BCUT2D eigenvalue weighted by Gasteiger charge is -2.26. The van der Waals surface area contributed by atoms with Crippen LogP contribution in [0.1, 0.15) is 30.9 Å². The van der Waals surface area contributed by atoms with Crippen LogP contribution in [0.3, 0.4) is 0 Å². The number of carboxylic acids is 1. The molecule has 1 aromatic rings. The van der Waals surface area contributed by atoms with Gasteiger partial charge in [0.25, 0.3) is 0 Å². The van der Waals surface area contributed by atoms with E-state index in [0.717, 1.165) is 12.8 Å². The summed E-state index contributed by atoms with van der Waals surface area (Å²) in [5.74, 6) is -0.273. The highest BCUT2D eigenvalue weighted by molar-refractivity contribution is 9.10. The summed E-state index contributed by atoms with van der Waals surface area (Å²) in [6.07, 6.45) is 2.00. The van der Waals surface area contributed by atoms with Gasteiger partial charge in [0.05, 0.1) is 6.61 Å². The number of aliphatic hydroxyl groups excluding tert-OH is 1. The average Bonchev–Trinajstić information content (AvgIpc) is 2.27. The fraction of sp³-hybridized carbons (Fsp3) is 0.462. The van der Waals surface area contributed by atoms with E-state index in [-0.39, 0.29) is 5.56 Å². The molecule has 0 aromatic heterocycles. The van der Waals surface area contributed by atoms with Crippen molar-refractivity contribution in [3.8, 4) is 5.75 Å². The Morgan fingerprint density at radius 3 is 2.78 bits per heavy atom. The van der Waals surface area contributed by atoms with Crippen LogP contribution in [0.15, 0.2) is 22.7 Å². The van der Waals surface area contributed by atoms with E-state index in [9.17, 15) is 9.90 Å². The van der Waals surface area contributed by atoms with E-state index < -0.39 is 12.1 Å². The molecular weight excluding hydrogens is 300 g/mol. The van der Waals surface area contributed by atoms with Gasteiger partial charge in [-0.2, -0.15) is 0 Å². The maximum atomic E-state index is 10.8. The number of hydrogen-bond donors (Lipinski definition) is 2. The van der Waals surface area contributed by atoms with Crippen LogP contribution in [0, 0.1) is 5.92 Å². The van der Waals surface area contributed by atoms with Crippen LogP contribution in [0.2, 0.25) is 0 Å². The van der Waals surface area contributed by atoms with Gasteiger partial charge in [-0.15, -0.1) is 0 Å². The molecule has 1 atom stereocenters. The van der Waals surface area contributed by atoms with Gasteiger partial charge in [-0.3, -0.25) is 0 Å². The summed E-state index contributed by atoms with van der Waals surface area (Å²) in [5.41, 5.74) is 0.288. The van der Waals surface area contributed by atoms with Gasteiger partial charge in [-0.25, -0.2) is 4.79 Å². The number of aliphatic carboxylic acids is 1. The Kier molecular flexibility index (Phi) is 4.24. The van der Waals surface area contributed by atoms with Gasteiger partial charge in [-0.1, -0.05) is 22.4 Å². The van der Waals surface area contributed by atoms with Crippen molar-refractivity contribution in [1.82, 2.24) is 0 Å². The predicted molar refractivity (Wildman–Crippen MR) is 69.6 cm³/mol. The molecule has 1 saturated carbocycles. The number of carboxylic acid groups (broad SMARTS) is 1. The van der Waals surface area contributed by atoms with E-state index in [4.69, 9.17) is 9.84 Å². The largest absolute Gasteiger partial charge is 0.493 e. The molecule has 1 unspecified atom stereocenters. The summed E-state index contributed by atoms with van der Waals surface area (Å²) in [4.78, 5) is 10.8. The predicted octanol–water partition coefficient (Wildman–Crippen LogP) is 2.75. The zero-order valence-electron chi connectivity index (χ0n) is 9.80. The van der Waals surface area contributed by atoms with Crippen LogP contribution in [-0.2, 0) is 4.79 Å². The SMILES string of the molecule is O=C(O)C(O)c1cc(Br)ccc1OCC1CCC1. The van der Waals surface area contributed by atoms with Crippen LogP contribution in [0.4, 0.5) is 0 Å². The molecule has 18 heavy (non-hydrogen) atoms. The van der Waals surface area contributed by atoms with E-state index >= 15 is 0 Å². The van der Waals surface area contributed by atoms with Gasteiger partial charge in [-0.05, 0) is 37.0 Å². The number of aliphatic hydroxyl groups is 1. The minimum atomic E-state index is -1.56. The molecule has 0 radical (unpaired) electrons. The maximum absolute atomic E-state index is 10.8. The summed E-state index contributed by atoms with van der Waals surface area (Å²) in [5, 5.41) is 18.5. The van der Waals surface area contributed by atoms with Gasteiger partial charge in [0.15, 0.2) is 6.10 Å². The molecule has 2 N–H and O–H groups in total. The van der Waals surface area contributed by atoms with Gasteiger partial charge in [0.2, 0.25) is 0 Å². The Balaban J connectivity index is 2.13. The number of carbonyl (C=O) groups is 1. The molecule has 0 bridgehead atoms. The number of rotatable bonds is 5. The monoisotopic (exact) mass is 314 g/mol. The van der Waals surface area contributed by atoms with Crippen molar-refractivity contribution in [3.05, 3.63) is 28.2 Å². The fourth-order valence-corrected chi connectivity index (χ4v) is 2.24. The molecule has 5 heteroatoms. The summed E-state index contributed by atoms with van der Waals surface area (Å²) >= 11 is 3.26. The average molecular weight is 315 g/mol. The minimum absolute atomic E-state index is 0.288. The lowest BCUT2D eigenvalue weighted by molar-refractivity contribution is -0.147. The Morgan fingerprint density at radius 2 is 2.22 bits per heavy atom. The number of benzene rings is 1. The van der Waals surface area contributed by atoms with Gasteiger partial charge in [0, 0.05) is 10.0 Å². The third-order valence-corrected chi connectivity index (χ3v) is 3.69. The first-order valence-corrected chi connectivity index (χ1v) is 6.70. The Hall–Kier alpha value is -1.07. The molecule has 0 amide bonds. The normalized spacial score (nSPS) is 17.0. The van der Waals surface area contributed by atoms with Crippen molar-refractivity contribution in [2.24, 2.45) is 5.92 Å². The number of ether oxygens (including phenoxy) is 1. The first kappa shape index (κ1) is 13.4. The van der Waals surface area contributed by atoms with Crippen LogP contribution < -0.4 is 4.74 Å².